The molecule has 0 spiro atoms. The van der Waals surface area contributed by atoms with Crippen molar-refractivity contribution in [3.63, 3.8) is 0 Å². The van der Waals surface area contributed by atoms with Crippen LogP contribution in [-0.4, -0.2) is 42.7 Å². The maximum atomic E-state index is 12.2. The van der Waals surface area contributed by atoms with Gasteiger partial charge in [-0.1, -0.05) is 11.2 Å². The Labute approximate surface area is 161 Å². The molecule has 0 saturated heterocycles. The van der Waals surface area contributed by atoms with Gasteiger partial charge in [0.25, 0.3) is 0 Å². The molecule has 28 heavy (non-hydrogen) atoms. The number of oxime groups is 1. The maximum Gasteiger partial charge on any atom is 0.356 e. The molecular weight excluding hydrogens is 362 g/mol. The van der Waals surface area contributed by atoms with Crippen molar-refractivity contribution in [1.82, 2.24) is 10.2 Å². The number of benzene rings is 1. The van der Waals surface area contributed by atoms with E-state index < -0.39 is 5.97 Å². The summed E-state index contributed by atoms with van der Waals surface area (Å²) >= 11 is 0. The molecular formula is C20H19N3O5. The van der Waals surface area contributed by atoms with E-state index in [0.29, 0.717) is 29.2 Å². The zero-order valence-electron chi connectivity index (χ0n) is 15.8. The van der Waals surface area contributed by atoms with Crippen molar-refractivity contribution in [3.8, 4) is 11.5 Å². The molecule has 0 amide bonds. The molecule has 1 unspecified atom stereocenters. The zero-order chi connectivity index (χ0) is 19.7. The molecule has 8 nitrogen and oxygen atoms in total. The van der Waals surface area contributed by atoms with Crippen LogP contribution >= 0.6 is 0 Å². The minimum atomic E-state index is -0.457. The number of ether oxygens (including phenoxy) is 3. The van der Waals surface area contributed by atoms with Crippen molar-refractivity contribution >= 4 is 28.2 Å². The third-order valence-corrected chi connectivity index (χ3v) is 4.77. The first kappa shape index (κ1) is 18.0. The highest BCUT2D eigenvalue weighted by atomic mass is 16.6. The number of aromatic nitrogens is 2. The first-order chi connectivity index (χ1) is 13.7. The van der Waals surface area contributed by atoms with Crippen molar-refractivity contribution in [2.24, 2.45) is 11.1 Å². The number of hydrogen-bond donors (Lipinski definition) is 0. The van der Waals surface area contributed by atoms with E-state index in [0.717, 1.165) is 16.5 Å². The molecule has 0 saturated carbocycles. The molecule has 2 heterocycles. The number of methoxy groups -OCH3 is 2. The van der Waals surface area contributed by atoms with Gasteiger partial charge in [0.1, 0.15) is 5.76 Å². The van der Waals surface area contributed by atoms with Crippen molar-refractivity contribution in [3.05, 3.63) is 41.8 Å². The van der Waals surface area contributed by atoms with E-state index in [2.05, 4.69) is 15.4 Å². The highest BCUT2D eigenvalue weighted by Crippen LogP contribution is 2.40. The molecule has 0 fully saturated rings. The molecule has 0 radical (unpaired) electrons. The van der Waals surface area contributed by atoms with Crippen LogP contribution in [0.3, 0.4) is 0 Å². The smallest absolute Gasteiger partial charge is 0.356 e. The lowest BCUT2D eigenvalue weighted by molar-refractivity contribution is -0.135. The Kier molecular flexibility index (Phi) is 4.68. The Hall–Kier alpha value is -3.42. The van der Waals surface area contributed by atoms with Gasteiger partial charge in [-0.15, -0.1) is 0 Å². The Balaban J connectivity index is 1.73. The van der Waals surface area contributed by atoms with Crippen LogP contribution in [0.25, 0.3) is 16.5 Å². The first-order valence-corrected chi connectivity index (χ1v) is 8.86. The lowest BCUT2D eigenvalue weighted by atomic mass is 9.85. The van der Waals surface area contributed by atoms with Crippen LogP contribution in [0.5, 0.6) is 11.5 Å². The van der Waals surface area contributed by atoms with Crippen LogP contribution < -0.4 is 9.47 Å². The maximum absolute atomic E-state index is 12.2. The van der Waals surface area contributed by atoms with Gasteiger partial charge in [-0.05, 0) is 31.1 Å². The molecule has 1 aliphatic heterocycles. The highest BCUT2D eigenvalue weighted by Gasteiger charge is 2.37. The molecule has 0 bridgehead atoms. The number of allylic oxidation sites excluding steroid dienone is 4. The molecule has 144 valence electrons. The van der Waals surface area contributed by atoms with E-state index in [4.69, 9.17) is 19.0 Å². The fourth-order valence-corrected chi connectivity index (χ4v) is 3.40. The second kappa shape index (κ2) is 7.30. The molecule has 1 aromatic heterocycles. The lowest BCUT2D eigenvalue weighted by Gasteiger charge is -2.19. The van der Waals surface area contributed by atoms with Crippen molar-refractivity contribution < 1.29 is 23.8 Å². The van der Waals surface area contributed by atoms with Gasteiger partial charge >= 0.3 is 5.97 Å². The SMILES string of the molecule is CCOC(=O)C1=NOC2=CC=C(c3cnnc4cc(OC)c(OC)cc34)CC21. The highest BCUT2D eigenvalue weighted by molar-refractivity contribution is 6.38. The van der Waals surface area contributed by atoms with Gasteiger partial charge in [-0.3, -0.25) is 0 Å². The van der Waals surface area contributed by atoms with Gasteiger partial charge in [0.05, 0.1) is 38.5 Å². The van der Waals surface area contributed by atoms with Gasteiger partial charge in [0, 0.05) is 17.0 Å². The Morgan fingerprint density at radius 3 is 2.75 bits per heavy atom. The summed E-state index contributed by atoms with van der Waals surface area (Å²) < 4.78 is 15.9. The van der Waals surface area contributed by atoms with Crippen LogP contribution in [0.2, 0.25) is 0 Å². The fraction of sp³-hybridized carbons (Fsp3) is 0.300. The molecule has 8 heteroatoms. The van der Waals surface area contributed by atoms with Crippen LogP contribution in [0.15, 0.2) is 41.4 Å². The van der Waals surface area contributed by atoms with Gasteiger partial charge in [0.15, 0.2) is 17.2 Å². The number of esters is 1. The third kappa shape index (κ3) is 2.96. The van der Waals surface area contributed by atoms with E-state index >= 15 is 0 Å². The van der Waals surface area contributed by atoms with Gasteiger partial charge in [0.2, 0.25) is 0 Å². The average molecular weight is 381 g/mol. The number of fused-ring (bicyclic) bond motifs is 2. The molecule has 4 rings (SSSR count). The second-order valence-electron chi connectivity index (χ2n) is 6.29. The monoisotopic (exact) mass is 381 g/mol. The normalized spacial score (nSPS) is 17.8. The Bertz CT molecular complexity index is 1040. The molecule has 1 atom stereocenters. The van der Waals surface area contributed by atoms with Gasteiger partial charge in [-0.2, -0.15) is 10.2 Å². The molecule has 1 aromatic carbocycles. The summed E-state index contributed by atoms with van der Waals surface area (Å²) in [4.78, 5) is 17.5. The van der Waals surface area contributed by atoms with E-state index in [1.807, 2.05) is 18.2 Å². The fourth-order valence-electron chi connectivity index (χ4n) is 3.40. The molecule has 1 aliphatic carbocycles. The van der Waals surface area contributed by atoms with Crippen LogP contribution in [-0.2, 0) is 14.4 Å². The van der Waals surface area contributed by atoms with Crippen molar-refractivity contribution in [1.29, 1.82) is 0 Å². The summed E-state index contributed by atoms with van der Waals surface area (Å²) in [5.74, 6) is 1.10. The van der Waals surface area contributed by atoms with E-state index in [-0.39, 0.29) is 18.2 Å². The predicted molar refractivity (Wildman–Crippen MR) is 102 cm³/mol. The van der Waals surface area contributed by atoms with Gasteiger partial charge < -0.3 is 19.0 Å². The molecule has 2 aromatic rings. The summed E-state index contributed by atoms with van der Waals surface area (Å²) in [5.41, 5.74) is 2.86. The number of carbonyl (C=O) groups excluding carboxylic acids is 1. The van der Waals surface area contributed by atoms with Gasteiger partial charge in [-0.25, -0.2) is 4.79 Å². The van der Waals surface area contributed by atoms with E-state index in [1.165, 1.54) is 0 Å². The average Bonchev–Trinajstić information content (AvgIpc) is 3.15. The van der Waals surface area contributed by atoms with E-state index in [9.17, 15) is 4.79 Å². The number of nitrogens with zero attached hydrogens (tertiary/aromatic N) is 3. The minimum Gasteiger partial charge on any atom is -0.493 e. The van der Waals surface area contributed by atoms with Crippen molar-refractivity contribution in [2.75, 3.05) is 20.8 Å². The number of hydrogen-bond acceptors (Lipinski definition) is 8. The quantitative estimate of drug-likeness (QED) is 0.735. The van der Waals surface area contributed by atoms with E-state index in [1.54, 1.807) is 33.4 Å². The third-order valence-electron chi connectivity index (χ3n) is 4.77. The summed E-state index contributed by atoms with van der Waals surface area (Å²) in [6.45, 7) is 2.04. The summed E-state index contributed by atoms with van der Waals surface area (Å²) in [6, 6.07) is 3.67. The Morgan fingerprint density at radius 1 is 1.21 bits per heavy atom. The zero-order valence-corrected chi connectivity index (χ0v) is 15.8. The lowest BCUT2D eigenvalue weighted by Crippen LogP contribution is -2.25. The Morgan fingerprint density at radius 2 is 2.00 bits per heavy atom. The van der Waals surface area contributed by atoms with Crippen molar-refractivity contribution in [2.45, 2.75) is 13.3 Å². The van der Waals surface area contributed by atoms with Crippen LogP contribution in [0.4, 0.5) is 0 Å². The summed E-state index contributed by atoms with van der Waals surface area (Å²) in [5, 5.41) is 13.1. The minimum absolute atomic E-state index is 0.276. The molecule has 0 N–H and O–H groups in total. The standard InChI is InChI=1S/C20H19N3O5/c1-4-27-20(24)19-13-7-11(5-6-16(13)28-23-19)14-10-21-22-15-9-18(26-3)17(25-2)8-12(14)15/h5-6,8-10,13H,4,7H2,1-3H3. The van der Waals surface area contributed by atoms with Crippen LogP contribution in [0, 0.1) is 5.92 Å². The summed E-state index contributed by atoms with van der Waals surface area (Å²) in [6.07, 6.45) is 6.02. The molecule has 2 aliphatic rings. The predicted octanol–water partition coefficient (Wildman–Crippen LogP) is 2.88. The number of rotatable bonds is 5. The number of carbonyl (C=O) groups is 1. The topological polar surface area (TPSA) is 92.1 Å². The first-order valence-electron chi connectivity index (χ1n) is 8.86. The largest absolute Gasteiger partial charge is 0.493 e. The second-order valence-corrected chi connectivity index (χ2v) is 6.29. The summed E-state index contributed by atoms with van der Waals surface area (Å²) in [7, 11) is 3.16. The van der Waals surface area contributed by atoms with Crippen LogP contribution in [0.1, 0.15) is 18.9 Å².